The van der Waals surface area contributed by atoms with Crippen LogP contribution in [0.25, 0.3) is 0 Å². The van der Waals surface area contributed by atoms with Crippen molar-refractivity contribution in [3.63, 3.8) is 0 Å². The monoisotopic (exact) mass is 131 g/mol. The van der Waals surface area contributed by atoms with Crippen molar-refractivity contribution in [2.24, 2.45) is 5.73 Å². The smallest absolute Gasteiger partial charge is 0.0558 e. The van der Waals surface area contributed by atoms with Crippen LogP contribution in [-0.4, -0.2) is 19.3 Å². The molecule has 0 saturated carbocycles. The van der Waals surface area contributed by atoms with Crippen molar-refractivity contribution in [2.45, 2.75) is 38.8 Å². The zero-order valence-corrected chi connectivity index (χ0v) is 6.55. The molecular formula is C7H17NO. The van der Waals surface area contributed by atoms with E-state index in [0.717, 1.165) is 12.8 Å². The maximum atomic E-state index is 5.67. The number of rotatable bonds is 4. The lowest BCUT2D eigenvalue weighted by Crippen LogP contribution is -2.24. The lowest BCUT2D eigenvalue weighted by atomic mass is 10.1. The number of hydrogen-bond acceptors (Lipinski definition) is 2. The highest BCUT2D eigenvalue weighted by molar-refractivity contribution is 4.62. The largest absolute Gasteiger partial charge is 0.382 e. The summed E-state index contributed by atoms with van der Waals surface area (Å²) in [4.78, 5) is 0. The molecule has 0 rings (SSSR count). The standard InChI is InChI=1S/C7H17NO/c1-4-7(8)5-6(2)9-3/h6-7H,4-5,8H2,1-3H3/t6?,7-/m1/s1. The molecule has 0 saturated heterocycles. The molecule has 2 nitrogen and oxygen atoms in total. The van der Waals surface area contributed by atoms with Crippen LogP contribution >= 0.6 is 0 Å². The molecule has 0 amide bonds. The number of ether oxygens (including phenoxy) is 1. The Labute approximate surface area is 57.4 Å². The first-order valence-electron chi connectivity index (χ1n) is 3.49. The zero-order valence-electron chi connectivity index (χ0n) is 6.55. The highest BCUT2D eigenvalue weighted by Gasteiger charge is 2.04. The molecule has 0 fully saturated rings. The van der Waals surface area contributed by atoms with Gasteiger partial charge in [0.05, 0.1) is 6.10 Å². The van der Waals surface area contributed by atoms with E-state index in [2.05, 4.69) is 6.92 Å². The molecule has 0 heterocycles. The summed E-state index contributed by atoms with van der Waals surface area (Å²) in [6.07, 6.45) is 2.31. The third-order valence-corrected chi connectivity index (χ3v) is 1.56. The fraction of sp³-hybridized carbons (Fsp3) is 1.00. The van der Waals surface area contributed by atoms with Gasteiger partial charge in [0.1, 0.15) is 0 Å². The van der Waals surface area contributed by atoms with E-state index in [-0.39, 0.29) is 0 Å². The predicted octanol–water partition coefficient (Wildman–Crippen LogP) is 1.15. The highest BCUT2D eigenvalue weighted by Crippen LogP contribution is 2.00. The molecule has 0 aliphatic carbocycles. The summed E-state index contributed by atoms with van der Waals surface area (Å²) in [5.74, 6) is 0. The molecule has 56 valence electrons. The van der Waals surface area contributed by atoms with Gasteiger partial charge >= 0.3 is 0 Å². The number of hydrogen-bond donors (Lipinski definition) is 1. The van der Waals surface area contributed by atoms with Gasteiger partial charge in [0.15, 0.2) is 0 Å². The van der Waals surface area contributed by atoms with E-state index in [0.29, 0.717) is 12.1 Å². The van der Waals surface area contributed by atoms with Crippen molar-refractivity contribution in [3.8, 4) is 0 Å². The van der Waals surface area contributed by atoms with E-state index in [9.17, 15) is 0 Å². The van der Waals surface area contributed by atoms with Crippen molar-refractivity contribution in [1.29, 1.82) is 0 Å². The Morgan fingerprint density at radius 1 is 1.56 bits per heavy atom. The Balaban J connectivity index is 3.22. The summed E-state index contributed by atoms with van der Waals surface area (Å²) in [6.45, 7) is 4.13. The minimum Gasteiger partial charge on any atom is -0.382 e. The Hall–Kier alpha value is -0.0800. The maximum absolute atomic E-state index is 5.67. The Morgan fingerprint density at radius 2 is 2.11 bits per heavy atom. The van der Waals surface area contributed by atoms with Crippen LogP contribution in [0.1, 0.15) is 26.7 Å². The van der Waals surface area contributed by atoms with Gasteiger partial charge in [-0.3, -0.25) is 0 Å². The average molecular weight is 131 g/mol. The van der Waals surface area contributed by atoms with Crippen molar-refractivity contribution in [2.75, 3.05) is 7.11 Å². The van der Waals surface area contributed by atoms with E-state index in [4.69, 9.17) is 10.5 Å². The normalized spacial score (nSPS) is 17.3. The second-order valence-electron chi connectivity index (χ2n) is 2.45. The molecule has 9 heavy (non-hydrogen) atoms. The number of nitrogens with two attached hydrogens (primary N) is 1. The summed E-state index contributed by atoms with van der Waals surface area (Å²) >= 11 is 0. The molecule has 0 bridgehead atoms. The first-order chi connectivity index (χ1) is 4.20. The van der Waals surface area contributed by atoms with Crippen LogP contribution in [0.2, 0.25) is 0 Å². The molecule has 0 radical (unpaired) electrons. The van der Waals surface area contributed by atoms with Crippen LogP contribution in [0, 0.1) is 0 Å². The van der Waals surface area contributed by atoms with E-state index in [1.54, 1.807) is 7.11 Å². The lowest BCUT2D eigenvalue weighted by molar-refractivity contribution is 0.104. The Bertz CT molecular complexity index is 57.9. The van der Waals surface area contributed by atoms with Crippen molar-refractivity contribution in [3.05, 3.63) is 0 Å². The van der Waals surface area contributed by atoms with E-state index in [1.165, 1.54) is 0 Å². The fourth-order valence-corrected chi connectivity index (χ4v) is 0.689. The summed E-state index contributed by atoms with van der Waals surface area (Å²) in [7, 11) is 1.72. The molecule has 2 atom stereocenters. The average Bonchev–Trinajstić information content (AvgIpc) is 1.87. The molecule has 2 heteroatoms. The molecule has 2 N–H and O–H groups in total. The topological polar surface area (TPSA) is 35.2 Å². The van der Waals surface area contributed by atoms with Crippen LogP contribution in [0.3, 0.4) is 0 Å². The van der Waals surface area contributed by atoms with Crippen LogP contribution in [-0.2, 0) is 4.74 Å². The van der Waals surface area contributed by atoms with Crippen LogP contribution in [0.4, 0.5) is 0 Å². The van der Waals surface area contributed by atoms with Crippen molar-refractivity contribution >= 4 is 0 Å². The molecular weight excluding hydrogens is 114 g/mol. The molecule has 0 aliphatic rings. The Morgan fingerprint density at radius 3 is 2.44 bits per heavy atom. The van der Waals surface area contributed by atoms with Crippen molar-refractivity contribution < 1.29 is 4.74 Å². The first kappa shape index (κ1) is 8.92. The minimum atomic E-state index is 0.306. The van der Waals surface area contributed by atoms with Gasteiger partial charge in [0, 0.05) is 13.2 Å². The summed E-state index contributed by atoms with van der Waals surface area (Å²) in [6, 6.07) is 0.306. The minimum absolute atomic E-state index is 0.306. The van der Waals surface area contributed by atoms with E-state index < -0.39 is 0 Å². The van der Waals surface area contributed by atoms with E-state index in [1.807, 2.05) is 6.92 Å². The van der Waals surface area contributed by atoms with Gasteiger partial charge in [-0.25, -0.2) is 0 Å². The highest BCUT2D eigenvalue weighted by atomic mass is 16.5. The van der Waals surface area contributed by atoms with Gasteiger partial charge in [0.2, 0.25) is 0 Å². The predicted molar refractivity (Wildman–Crippen MR) is 39.4 cm³/mol. The van der Waals surface area contributed by atoms with Gasteiger partial charge in [-0.2, -0.15) is 0 Å². The summed E-state index contributed by atoms with van der Waals surface area (Å²) < 4.78 is 5.04. The fourth-order valence-electron chi connectivity index (χ4n) is 0.689. The quantitative estimate of drug-likeness (QED) is 0.621. The molecule has 0 spiro atoms. The second-order valence-corrected chi connectivity index (χ2v) is 2.45. The van der Waals surface area contributed by atoms with Crippen LogP contribution in [0.5, 0.6) is 0 Å². The number of methoxy groups -OCH3 is 1. The third kappa shape index (κ3) is 4.43. The van der Waals surface area contributed by atoms with Gasteiger partial charge in [-0.1, -0.05) is 6.92 Å². The maximum Gasteiger partial charge on any atom is 0.0558 e. The summed E-state index contributed by atoms with van der Waals surface area (Å²) in [5, 5.41) is 0. The molecule has 0 aromatic rings. The van der Waals surface area contributed by atoms with E-state index >= 15 is 0 Å². The summed E-state index contributed by atoms with van der Waals surface area (Å²) in [5.41, 5.74) is 5.67. The molecule has 0 aromatic carbocycles. The van der Waals surface area contributed by atoms with Gasteiger partial charge < -0.3 is 10.5 Å². The third-order valence-electron chi connectivity index (χ3n) is 1.56. The molecule has 1 unspecified atom stereocenters. The zero-order chi connectivity index (χ0) is 7.28. The van der Waals surface area contributed by atoms with Crippen LogP contribution in [0.15, 0.2) is 0 Å². The van der Waals surface area contributed by atoms with Gasteiger partial charge in [0.25, 0.3) is 0 Å². The van der Waals surface area contributed by atoms with Crippen LogP contribution < -0.4 is 5.73 Å². The van der Waals surface area contributed by atoms with Gasteiger partial charge in [-0.05, 0) is 19.8 Å². The van der Waals surface area contributed by atoms with Gasteiger partial charge in [-0.15, -0.1) is 0 Å². The molecule has 0 aromatic heterocycles. The molecule has 0 aliphatic heterocycles. The second kappa shape index (κ2) is 4.77. The SMILES string of the molecule is CC[C@@H](N)CC(C)OC. The first-order valence-corrected chi connectivity index (χ1v) is 3.49. The van der Waals surface area contributed by atoms with Crippen molar-refractivity contribution in [1.82, 2.24) is 0 Å². The lowest BCUT2D eigenvalue weighted by Gasteiger charge is -2.13. The Kier molecular flexibility index (Phi) is 4.72.